The lowest BCUT2D eigenvalue weighted by Crippen LogP contribution is -2.45. The van der Waals surface area contributed by atoms with Crippen LogP contribution < -0.4 is 0 Å². The zero-order valence-corrected chi connectivity index (χ0v) is 7.34. The predicted molar refractivity (Wildman–Crippen MR) is 45.7 cm³/mol. The van der Waals surface area contributed by atoms with Crippen LogP contribution in [0.2, 0.25) is 0 Å². The Morgan fingerprint density at radius 1 is 1.69 bits per heavy atom. The number of aromatic nitrogens is 2. The summed E-state index contributed by atoms with van der Waals surface area (Å²) in [5.41, 5.74) is 0.276. The molecule has 0 aromatic carbocycles. The number of carbonyl (C=O) groups is 1. The Morgan fingerprint density at radius 2 is 2.38 bits per heavy atom. The van der Waals surface area contributed by atoms with Gasteiger partial charge in [0, 0.05) is 13.1 Å². The molecule has 0 saturated carbocycles. The summed E-state index contributed by atoms with van der Waals surface area (Å²) in [6, 6.07) is 0.276. The molecule has 0 atom stereocenters. The first-order chi connectivity index (χ1) is 6.18. The van der Waals surface area contributed by atoms with E-state index in [0.29, 0.717) is 0 Å². The molecule has 0 radical (unpaired) electrons. The molecule has 1 aliphatic heterocycles. The lowest BCUT2D eigenvalue weighted by molar-refractivity contribution is 0.0666. The van der Waals surface area contributed by atoms with Gasteiger partial charge in [-0.05, 0) is 7.05 Å². The smallest absolute Gasteiger partial charge is 0.354 e. The maximum atomic E-state index is 10.7. The Kier molecular flexibility index (Phi) is 1.81. The first-order valence-corrected chi connectivity index (χ1v) is 4.12. The number of imidazole rings is 1. The molecule has 2 heterocycles. The molecule has 1 N–H and O–H groups in total. The van der Waals surface area contributed by atoms with Crippen molar-refractivity contribution in [2.75, 3.05) is 20.1 Å². The van der Waals surface area contributed by atoms with Crippen molar-refractivity contribution in [3.05, 3.63) is 18.2 Å². The van der Waals surface area contributed by atoms with E-state index in [1.165, 1.54) is 6.20 Å². The number of likely N-dealkylation sites (tertiary alicyclic amines) is 1. The van der Waals surface area contributed by atoms with Crippen LogP contribution >= 0.6 is 0 Å². The van der Waals surface area contributed by atoms with Crippen LogP contribution in [-0.4, -0.2) is 45.7 Å². The van der Waals surface area contributed by atoms with Crippen LogP contribution in [0.4, 0.5) is 0 Å². The number of hydrogen-bond donors (Lipinski definition) is 1. The second-order valence-corrected chi connectivity index (χ2v) is 3.37. The number of aromatic carboxylic acids is 1. The fraction of sp³-hybridized carbons (Fsp3) is 0.500. The average molecular weight is 181 g/mol. The molecule has 0 spiro atoms. The fourth-order valence-electron chi connectivity index (χ4n) is 1.60. The molecule has 13 heavy (non-hydrogen) atoms. The van der Waals surface area contributed by atoms with Crippen molar-refractivity contribution in [1.29, 1.82) is 0 Å². The van der Waals surface area contributed by atoms with Crippen molar-refractivity contribution in [1.82, 2.24) is 14.5 Å². The van der Waals surface area contributed by atoms with Crippen LogP contribution in [0.3, 0.4) is 0 Å². The molecular weight excluding hydrogens is 170 g/mol. The van der Waals surface area contributed by atoms with Gasteiger partial charge in [-0.1, -0.05) is 0 Å². The van der Waals surface area contributed by atoms with Gasteiger partial charge in [0.1, 0.15) is 5.69 Å². The van der Waals surface area contributed by atoms with Crippen molar-refractivity contribution in [3.63, 3.8) is 0 Å². The van der Waals surface area contributed by atoms with E-state index in [9.17, 15) is 4.79 Å². The second kappa shape index (κ2) is 2.85. The quantitative estimate of drug-likeness (QED) is 0.701. The van der Waals surface area contributed by atoms with E-state index < -0.39 is 5.97 Å². The van der Waals surface area contributed by atoms with E-state index in [0.717, 1.165) is 13.1 Å². The standard InChI is InChI=1S/C8H11N3O2/c1-10-3-6(4-10)11-5-9-2-7(11)8(12)13/h2,5-6H,3-4H2,1H3,(H,12,13). The summed E-state index contributed by atoms with van der Waals surface area (Å²) in [5.74, 6) is -0.910. The van der Waals surface area contributed by atoms with Crippen LogP contribution in [0.5, 0.6) is 0 Å². The number of likely N-dealkylation sites (N-methyl/N-ethyl adjacent to an activating group) is 1. The van der Waals surface area contributed by atoms with E-state index in [2.05, 4.69) is 9.88 Å². The third-order valence-corrected chi connectivity index (χ3v) is 2.32. The normalized spacial score (nSPS) is 18.5. The minimum atomic E-state index is -0.910. The number of rotatable bonds is 2. The zero-order chi connectivity index (χ0) is 9.42. The predicted octanol–water partition coefficient (Wildman–Crippen LogP) is 0.0678. The molecule has 0 amide bonds. The van der Waals surface area contributed by atoms with E-state index in [-0.39, 0.29) is 11.7 Å². The van der Waals surface area contributed by atoms with Crippen molar-refractivity contribution in [2.24, 2.45) is 0 Å². The largest absolute Gasteiger partial charge is 0.477 e. The van der Waals surface area contributed by atoms with Gasteiger partial charge in [0.25, 0.3) is 0 Å². The average Bonchev–Trinajstić information content (AvgIpc) is 2.45. The lowest BCUT2D eigenvalue weighted by Gasteiger charge is -2.37. The minimum Gasteiger partial charge on any atom is -0.477 e. The highest BCUT2D eigenvalue weighted by Gasteiger charge is 2.27. The maximum Gasteiger partial charge on any atom is 0.354 e. The summed E-state index contributed by atoms with van der Waals surface area (Å²) in [6.07, 6.45) is 2.97. The van der Waals surface area contributed by atoms with Crippen LogP contribution in [-0.2, 0) is 0 Å². The molecule has 2 rings (SSSR count). The van der Waals surface area contributed by atoms with Crippen LogP contribution in [0.1, 0.15) is 16.5 Å². The molecule has 1 saturated heterocycles. The molecular formula is C8H11N3O2. The van der Waals surface area contributed by atoms with Gasteiger partial charge in [-0.25, -0.2) is 9.78 Å². The Balaban J connectivity index is 2.20. The van der Waals surface area contributed by atoms with Gasteiger partial charge in [-0.15, -0.1) is 0 Å². The third-order valence-electron chi connectivity index (χ3n) is 2.32. The van der Waals surface area contributed by atoms with Crippen LogP contribution in [0.15, 0.2) is 12.5 Å². The topological polar surface area (TPSA) is 58.4 Å². The van der Waals surface area contributed by atoms with Gasteiger partial charge < -0.3 is 14.6 Å². The van der Waals surface area contributed by atoms with Gasteiger partial charge >= 0.3 is 5.97 Å². The molecule has 0 unspecified atom stereocenters. The summed E-state index contributed by atoms with van der Waals surface area (Å²) in [6.45, 7) is 1.80. The minimum absolute atomic E-state index is 0.276. The van der Waals surface area contributed by atoms with Crippen molar-refractivity contribution in [2.45, 2.75) is 6.04 Å². The highest BCUT2D eigenvalue weighted by Crippen LogP contribution is 2.20. The Morgan fingerprint density at radius 3 is 2.92 bits per heavy atom. The van der Waals surface area contributed by atoms with E-state index in [1.54, 1.807) is 10.9 Å². The van der Waals surface area contributed by atoms with Gasteiger partial charge in [0.2, 0.25) is 0 Å². The van der Waals surface area contributed by atoms with Crippen molar-refractivity contribution < 1.29 is 9.90 Å². The number of hydrogen-bond acceptors (Lipinski definition) is 3. The van der Waals surface area contributed by atoms with Gasteiger partial charge in [-0.2, -0.15) is 0 Å². The molecule has 0 aliphatic carbocycles. The highest BCUT2D eigenvalue weighted by atomic mass is 16.4. The second-order valence-electron chi connectivity index (χ2n) is 3.37. The Hall–Kier alpha value is -1.36. The van der Waals surface area contributed by atoms with Gasteiger partial charge in [0.15, 0.2) is 0 Å². The molecule has 0 bridgehead atoms. The first-order valence-electron chi connectivity index (χ1n) is 4.12. The van der Waals surface area contributed by atoms with Crippen molar-refractivity contribution in [3.8, 4) is 0 Å². The number of carboxylic acid groups (broad SMARTS) is 1. The van der Waals surface area contributed by atoms with Gasteiger partial charge in [0.05, 0.1) is 18.6 Å². The molecule has 1 aromatic heterocycles. The zero-order valence-electron chi connectivity index (χ0n) is 7.34. The Bertz CT molecular complexity index is 328. The monoisotopic (exact) mass is 181 g/mol. The SMILES string of the molecule is CN1CC(n2cncc2C(=O)O)C1. The maximum absolute atomic E-state index is 10.7. The third kappa shape index (κ3) is 1.31. The molecule has 5 heteroatoms. The van der Waals surface area contributed by atoms with E-state index >= 15 is 0 Å². The molecule has 1 aliphatic rings. The van der Waals surface area contributed by atoms with Crippen LogP contribution in [0.25, 0.3) is 0 Å². The van der Waals surface area contributed by atoms with Gasteiger partial charge in [-0.3, -0.25) is 0 Å². The molecule has 1 fully saturated rings. The molecule has 70 valence electrons. The molecule has 5 nitrogen and oxygen atoms in total. The summed E-state index contributed by atoms with van der Waals surface area (Å²) < 4.78 is 1.72. The summed E-state index contributed by atoms with van der Waals surface area (Å²) in [4.78, 5) is 16.7. The lowest BCUT2D eigenvalue weighted by atomic mass is 10.1. The number of carboxylic acids is 1. The summed E-state index contributed by atoms with van der Waals surface area (Å²) >= 11 is 0. The first kappa shape index (κ1) is 8.25. The van der Waals surface area contributed by atoms with E-state index in [4.69, 9.17) is 5.11 Å². The fourth-order valence-corrected chi connectivity index (χ4v) is 1.60. The van der Waals surface area contributed by atoms with E-state index in [1.807, 2.05) is 7.05 Å². The summed E-state index contributed by atoms with van der Waals surface area (Å²) in [5, 5.41) is 8.81. The molecule has 1 aromatic rings. The van der Waals surface area contributed by atoms with Crippen LogP contribution in [0, 0.1) is 0 Å². The summed E-state index contributed by atoms with van der Waals surface area (Å²) in [7, 11) is 2.01. The highest BCUT2D eigenvalue weighted by molar-refractivity contribution is 5.85. The Labute approximate surface area is 75.6 Å². The number of nitrogens with zero attached hydrogens (tertiary/aromatic N) is 3. The van der Waals surface area contributed by atoms with Crippen molar-refractivity contribution >= 4 is 5.97 Å².